The molecule has 0 fully saturated rings. The van der Waals surface area contributed by atoms with Gasteiger partial charge in [0.2, 0.25) is 0 Å². The maximum Gasteiger partial charge on any atom is 0.347 e. The molecule has 0 saturated carbocycles. The summed E-state index contributed by atoms with van der Waals surface area (Å²) in [4.78, 5) is 28.9. The van der Waals surface area contributed by atoms with Crippen molar-refractivity contribution >= 4 is 17.0 Å². The highest BCUT2D eigenvalue weighted by atomic mass is 16.5. The maximum atomic E-state index is 13.1. The van der Waals surface area contributed by atoms with Crippen molar-refractivity contribution in [2.75, 3.05) is 0 Å². The summed E-state index contributed by atoms with van der Waals surface area (Å²) < 4.78 is 8.89. The molecule has 0 spiro atoms. The lowest BCUT2D eigenvalue weighted by molar-refractivity contribution is -0.152. The van der Waals surface area contributed by atoms with E-state index in [1.807, 2.05) is 19.1 Å². The second-order valence-electron chi connectivity index (χ2n) is 8.30. The summed E-state index contributed by atoms with van der Waals surface area (Å²) in [5, 5.41) is 13.7. The standard InChI is InChI=1S/C23H30N4O4/c1-6-8-18-19-20(26(5)25-18)21(28)27(15(2)24-19)14-7-9-16-10-12-17(13-11-16)31-23(3,4)22(29)30/h10-13H,6-9,14H2,1-5H3,(H,29,30). The number of aliphatic carboxylic acids is 1. The molecular formula is C23H30N4O4. The third-order valence-electron chi connectivity index (χ3n) is 5.35. The molecule has 0 aliphatic carbocycles. The van der Waals surface area contributed by atoms with Gasteiger partial charge in [-0.3, -0.25) is 14.0 Å². The Morgan fingerprint density at radius 3 is 2.48 bits per heavy atom. The zero-order valence-corrected chi connectivity index (χ0v) is 18.8. The lowest BCUT2D eigenvalue weighted by atomic mass is 10.1. The molecule has 3 rings (SSSR count). The fourth-order valence-electron chi connectivity index (χ4n) is 3.59. The number of benzene rings is 1. The van der Waals surface area contributed by atoms with Gasteiger partial charge in [-0.2, -0.15) is 5.10 Å². The van der Waals surface area contributed by atoms with Crippen LogP contribution in [0.1, 0.15) is 50.7 Å². The van der Waals surface area contributed by atoms with Crippen LogP contribution in [-0.4, -0.2) is 36.0 Å². The SMILES string of the molecule is CCCc1nn(C)c2c(=O)n(CCCc3ccc(OC(C)(C)C(=O)O)cc3)c(C)nc12. The maximum absolute atomic E-state index is 13.1. The molecule has 2 heterocycles. The van der Waals surface area contributed by atoms with E-state index < -0.39 is 11.6 Å². The van der Waals surface area contributed by atoms with E-state index in [2.05, 4.69) is 17.0 Å². The van der Waals surface area contributed by atoms with Gasteiger partial charge in [-0.05, 0) is 57.7 Å². The number of fused-ring (bicyclic) bond motifs is 1. The number of rotatable bonds is 9. The van der Waals surface area contributed by atoms with E-state index in [-0.39, 0.29) is 5.56 Å². The summed E-state index contributed by atoms with van der Waals surface area (Å²) in [6, 6.07) is 7.39. The lowest BCUT2D eigenvalue weighted by Crippen LogP contribution is -2.37. The van der Waals surface area contributed by atoms with E-state index in [0.29, 0.717) is 29.2 Å². The highest BCUT2D eigenvalue weighted by Gasteiger charge is 2.29. The van der Waals surface area contributed by atoms with Crippen LogP contribution in [0.3, 0.4) is 0 Å². The topological polar surface area (TPSA) is 99.2 Å². The number of carboxylic acid groups (broad SMARTS) is 1. The molecule has 0 aliphatic heterocycles. The van der Waals surface area contributed by atoms with E-state index in [1.165, 1.54) is 13.8 Å². The van der Waals surface area contributed by atoms with Crippen LogP contribution < -0.4 is 10.3 Å². The molecule has 8 heteroatoms. The van der Waals surface area contributed by atoms with Gasteiger partial charge < -0.3 is 9.84 Å². The van der Waals surface area contributed by atoms with Crippen LogP contribution in [0.4, 0.5) is 0 Å². The minimum atomic E-state index is -1.28. The van der Waals surface area contributed by atoms with Gasteiger partial charge in [0, 0.05) is 13.6 Å². The van der Waals surface area contributed by atoms with Crippen molar-refractivity contribution in [3.05, 3.63) is 51.7 Å². The van der Waals surface area contributed by atoms with Gasteiger partial charge in [0.1, 0.15) is 17.1 Å². The van der Waals surface area contributed by atoms with Crippen molar-refractivity contribution in [2.24, 2.45) is 7.05 Å². The first-order chi connectivity index (χ1) is 14.6. The van der Waals surface area contributed by atoms with Gasteiger partial charge in [-0.1, -0.05) is 25.5 Å². The number of hydrogen-bond acceptors (Lipinski definition) is 5. The van der Waals surface area contributed by atoms with E-state index in [9.17, 15) is 14.7 Å². The Kier molecular flexibility index (Phi) is 6.48. The van der Waals surface area contributed by atoms with Crippen molar-refractivity contribution in [1.29, 1.82) is 0 Å². The minimum Gasteiger partial charge on any atom is -0.478 e. The van der Waals surface area contributed by atoms with E-state index in [0.717, 1.165) is 36.9 Å². The van der Waals surface area contributed by atoms with Crippen LogP contribution in [0.5, 0.6) is 5.75 Å². The van der Waals surface area contributed by atoms with E-state index in [1.54, 1.807) is 28.4 Å². The highest BCUT2D eigenvalue weighted by Crippen LogP contribution is 2.20. The summed E-state index contributed by atoms with van der Waals surface area (Å²) in [5.41, 5.74) is 1.89. The molecule has 0 atom stereocenters. The number of aromatic nitrogens is 4. The number of nitrogens with zero attached hydrogens (tertiary/aromatic N) is 4. The average Bonchev–Trinajstić information content (AvgIpc) is 3.00. The first-order valence-corrected chi connectivity index (χ1v) is 10.6. The van der Waals surface area contributed by atoms with Crippen molar-refractivity contribution in [3.63, 3.8) is 0 Å². The summed E-state index contributed by atoms with van der Waals surface area (Å²) in [7, 11) is 1.79. The Balaban J connectivity index is 1.70. The average molecular weight is 427 g/mol. The Bertz CT molecular complexity index is 1140. The van der Waals surface area contributed by atoms with Gasteiger partial charge in [0.05, 0.1) is 5.69 Å². The van der Waals surface area contributed by atoms with Crippen LogP contribution >= 0.6 is 0 Å². The zero-order chi connectivity index (χ0) is 22.8. The second-order valence-corrected chi connectivity index (χ2v) is 8.30. The summed E-state index contributed by atoms with van der Waals surface area (Å²) in [6.07, 6.45) is 3.30. The molecule has 0 amide bonds. The quantitative estimate of drug-likeness (QED) is 0.564. The van der Waals surface area contributed by atoms with Crippen LogP contribution in [0.25, 0.3) is 11.0 Å². The predicted molar refractivity (Wildman–Crippen MR) is 119 cm³/mol. The fraction of sp³-hybridized carbons (Fsp3) is 0.478. The number of aryl methyl sites for hydroxylation is 4. The largest absolute Gasteiger partial charge is 0.478 e. The fourth-order valence-corrected chi connectivity index (χ4v) is 3.59. The first kappa shape index (κ1) is 22.5. The first-order valence-electron chi connectivity index (χ1n) is 10.6. The number of ether oxygens (including phenoxy) is 1. The Morgan fingerprint density at radius 2 is 1.87 bits per heavy atom. The third-order valence-corrected chi connectivity index (χ3v) is 5.35. The zero-order valence-electron chi connectivity index (χ0n) is 18.8. The molecule has 0 saturated heterocycles. The molecule has 166 valence electrons. The number of hydrogen-bond donors (Lipinski definition) is 1. The summed E-state index contributed by atoms with van der Waals surface area (Å²) >= 11 is 0. The summed E-state index contributed by atoms with van der Waals surface area (Å²) in [5.74, 6) is 0.192. The smallest absolute Gasteiger partial charge is 0.347 e. The monoisotopic (exact) mass is 426 g/mol. The molecular weight excluding hydrogens is 396 g/mol. The van der Waals surface area contributed by atoms with Gasteiger partial charge in [0.25, 0.3) is 5.56 Å². The van der Waals surface area contributed by atoms with Gasteiger partial charge in [-0.15, -0.1) is 0 Å². The number of carbonyl (C=O) groups is 1. The molecule has 0 bridgehead atoms. The molecule has 8 nitrogen and oxygen atoms in total. The highest BCUT2D eigenvalue weighted by molar-refractivity contribution is 5.77. The Hall–Kier alpha value is -3.16. The molecule has 0 radical (unpaired) electrons. The van der Waals surface area contributed by atoms with Crippen molar-refractivity contribution in [3.8, 4) is 5.75 Å². The van der Waals surface area contributed by atoms with Crippen LogP contribution in [-0.2, 0) is 31.2 Å². The third kappa shape index (κ3) is 4.78. The van der Waals surface area contributed by atoms with E-state index >= 15 is 0 Å². The second kappa shape index (κ2) is 8.91. The predicted octanol–water partition coefficient (Wildman–Crippen LogP) is 3.27. The Labute approximate surface area is 181 Å². The number of carboxylic acids is 1. The van der Waals surface area contributed by atoms with Crippen molar-refractivity contribution in [1.82, 2.24) is 19.3 Å². The van der Waals surface area contributed by atoms with E-state index in [4.69, 9.17) is 4.74 Å². The lowest BCUT2D eigenvalue weighted by Gasteiger charge is -2.21. The van der Waals surface area contributed by atoms with Gasteiger partial charge in [-0.25, -0.2) is 9.78 Å². The van der Waals surface area contributed by atoms with Crippen LogP contribution in [0.2, 0.25) is 0 Å². The summed E-state index contributed by atoms with van der Waals surface area (Å²) in [6.45, 7) is 7.54. The van der Waals surface area contributed by atoms with Crippen LogP contribution in [0.15, 0.2) is 29.1 Å². The molecule has 3 aromatic rings. The normalized spacial score (nSPS) is 11.8. The van der Waals surface area contributed by atoms with Crippen molar-refractivity contribution in [2.45, 2.75) is 65.5 Å². The minimum absolute atomic E-state index is 0.0560. The Morgan fingerprint density at radius 1 is 1.19 bits per heavy atom. The van der Waals surface area contributed by atoms with Gasteiger partial charge in [0.15, 0.2) is 11.1 Å². The molecule has 1 aromatic carbocycles. The molecule has 0 unspecified atom stereocenters. The van der Waals surface area contributed by atoms with Gasteiger partial charge >= 0.3 is 5.97 Å². The van der Waals surface area contributed by atoms with Crippen molar-refractivity contribution < 1.29 is 14.6 Å². The molecule has 1 N–H and O–H groups in total. The van der Waals surface area contributed by atoms with Crippen LogP contribution in [0, 0.1) is 6.92 Å². The molecule has 31 heavy (non-hydrogen) atoms. The molecule has 0 aliphatic rings. The molecule has 2 aromatic heterocycles.